The highest BCUT2D eigenvalue weighted by Crippen LogP contribution is 2.47. The zero-order valence-corrected chi connectivity index (χ0v) is 18.3. The van der Waals surface area contributed by atoms with Crippen molar-refractivity contribution in [3.8, 4) is 10.4 Å². The predicted octanol–water partition coefficient (Wildman–Crippen LogP) is 5.06. The number of hydrogen-bond donors (Lipinski definition) is 1. The quantitative estimate of drug-likeness (QED) is 0.607. The summed E-state index contributed by atoms with van der Waals surface area (Å²) in [5.74, 6) is 0.0147. The van der Waals surface area contributed by atoms with E-state index in [-0.39, 0.29) is 11.6 Å². The summed E-state index contributed by atoms with van der Waals surface area (Å²) in [5, 5.41) is 3.80. The van der Waals surface area contributed by atoms with Crippen LogP contribution in [0.15, 0.2) is 40.7 Å². The van der Waals surface area contributed by atoms with Gasteiger partial charge in [-0.2, -0.15) is 0 Å². The second-order valence-corrected chi connectivity index (χ2v) is 12.4. The summed E-state index contributed by atoms with van der Waals surface area (Å²) in [6, 6.07) is 10.1. The first-order chi connectivity index (χ1) is 12.6. The Morgan fingerprint density at radius 1 is 1.22 bits per heavy atom. The van der Waals surface area contributed by atoms with Gasteiger partial charge in [0.1, 0.15) is 16.1 Å². The molecule has 3 heterocycles. The molecule has 27 heavy (non-hydrogen) atoms. The number of nitrogens with zero attached hydrogens (tertiary/aromatic N) is 1. The van der Waals surface area contributed by atoms with Crippen LogP contribution in [-0.2, 0) is 15.4 Å². The first-order valence-corrected chi connectivity index (χ1v) is 12.1. The smallest absolute Gasteiger partial charge is 0.165 e. The van der Waals surface area contributed by atoms with Crippen molar-refractivity contribution in [3.05, 3.63) is 45.6 Å². The van der Waals surface area contributed by atoms with Crippen LogP contribution in [0.5, 0.6) is 0 Å². The summed E-state index contributed by atoms with van der Waals surface area (Å²) in [6.07, 6.45) is 0. The Morgan fingerprint density at radius 2 is 1.93 bits per heavy atom. The molecular formula is C19H19ClN2O2S3. The monoisotopic (exact) mass is 438 g/mol. The molecule has 1 aliphatic heterocycles. The average Bonchev–Trinajstić information content (AvgIpc) is 3.16. The van der Waals surface area contributed by atoms with E-state index in [1.165, 1.54) is 16.0 Å². The van der Waals surface area contributed by atoms with E-state index >= 15 is 0 Å². The van der Waals surface area contributed by atoms with Crippen LogP contribution in [0.1, 0.15) is 25.6 Å². The predicted molar refractivity (Wildman–Crippen MR) is 117 cm³/mol. The van der Waals surface area contributed by atoms with Crippen molar-refractivity contribution in [1.29, 1.82) is 0 Å². The summed E-state index contributed by atoms with van der Waals surface area (Å²) in [6.45, 7) is 4.99. The molecule has 8 heteroatoms. The Morgan fingerprint density at radius 3 is 2.63 bits per heavy atom. The lowest BCUT2D eigenvalue weighted by molar-refractivity contribution is 0.507. The molecule has 0 aliphatic carbocycles. The minimum Gasteiger partial charge on any atom is -0.386 e. The van der Waals surface area contributed by atoms with E-state index in [4.69, 9.17) is 17.3 Å². The van der Waals surface area contributed by atoms with Crippen molar-refractivity contribution in [2.75, 3.05) is 5.75 Å². The number of benzene rings is 1. The average molecular weight is 439 g/mol. The maximum absolute atomic E-state index is 12.8. The van der Waals surface area contributed by atoms with Crippen molar-refractivity contribution in [2.24, 2.45) is 10.7 Å². The first-order valence-electron chi connectivity index (χ1n) is 8.40. The number of aliphatic imine (C=N–C) groups is 1. The number of fused-ring (bicyclic) bond motifs is 1. The summed E-state index contributed by atoms with van der Waals surface area (Å²) >= 11 is 9.72. The fraction of sp³-hybridized carbons (Fsp3) is 0.316. The standard InChI is InChI=1S/C19H19ClN2O2S3/c1-18(2)17(21)22-19(3,10-27(18,23)24)16-13(20)8-15(26-16)12-9-25-14-7-5-4-6-11(12)14/h4-9H,10H2,1-3H3,(H2,21,22). The van der Waals surface area contributed by atoms with E-state index in [0.717, 1.165) is 20.7 Å². The van der Waals surface area contributed by atoms with Gasteiger partial charge in [0.05, 0.1) is 15.7 Å². The number of amidine groups is 1. The third-order valence-electron chi connectivity index (χ3n) is 5.16. The number of sulfone groups is 1. The minimum absolute atomic E-state index is 0.113. The van der Waals surface area contributed by atoms with Crippen LogP contribution in [0.2, 0.25) is 5.02 Å². The zero-order chi connectivity index (χ0) is 19.6. The van der Waals surface area contributed by atoms with E-state index in [0.29, 0.717) is 5.02 Å². The molecule has 1 unspecified atom stereocenters. The van der Waals surface area contributed by atoms with Crippen molar-refractivity contribution >= 4 is 60.0 Å². The lowest BCUT2D eigenvalue weighted by Gasteiger charge is -2.37. The van der Waals surface area contributed by atoms with Gasteiger partial charge in [0.2, 0.25) is 0 Å². The van der Waals surface area contributed by atoms with Gasteiger partial charge in [0, 0.05) is 25.9 Å². The fourth-order valence-electron chi connectivity index (χ4n) is 3.30. The van der Waals surface area contributed by atoms with Gasteiger partial charge < -0.3 is 5.73 Å². The zero-order valence-electron chi connectivity index (χ0n) is 15.1. The van der Waals surface area contributed by atoms with Gasteiger partial charge in [-0.1, -0.05) is 29.8 Å². The summed E-state index contributed by atoms with van der Waals surface area (Å²) < 4.78 is 25.7. The molecule has 2 aromatic heterocycles. The van der Waals surface area contributed by atoms with Crippen molar-refractivity contribution < 1.29 is 8.42 Å². The molecule has 0 saturated carbocycles. The van der Waals surface area contributed by atoms with Gasteiger partial charge >= 0.3 is 0 Å². The van der Waals surface area contributed by atoms with Crippen LogP contribution in [0, 0.1) is 0 Å². The highest BCUT2D eigenvalue weighted by atomic mass is 35.5. The molecule has 4 rings (SSSR count). The van der Waals surface area contributed by atoms with Crippen molar-refractivity contribution in [3.63, 3.8) is 0 Å². The summed E-state index contributed by atoms with van der Waals surface area (Å²) in [4.78, 5) is 6.33. The molecule has 0 spiro atoms. The summed E-state index contributed by atoms with van der Waals surface area (Å²) in [5.41, 5.74) is 6.18. The van der Waals surface area contributed by atoms with Gasteiger partial charge in [0.25, 0.3) is 0 Å². The third kappa shape index (κ3) is 2.83. The molecule has 142 valence electrons. The highest BCUT2D eigenvalue weighted by molar-refractivity contribution is 7.93. The lowest BCUT2D eigenvalue weighted by atomic mass is 10.0. The van der Waals surface area contributed by atoms with Crippen LogP contribution in [0.25, 0.3) is 20.5 Å². The minimum atomic E-state index is -3.47. The fourth-order valence-corrected chi connectivity index (χ4v) is 7.76. The van der Waals surface area contributed by atoms with Gasteiger partial charge in [0.15, 0.2) is 9.84 Å². The Labute approximate surface area is 171 Å². The molecule has 0 saturated heterocycles. The topological polar surface area (TPSA) is 72.5 Å². The number of hydrogen-bond acceptors (Lipinski definition) is 6. The van der Waals surface area contributed by atoms with Crippen molar-refractivity contribution in [2.45, 2.75) is 31.1 Å². The van der Waals surface area contributed by atoms with Gasteiger partial charge in [-0.25, -0.2) is 8.42 Å². The molecule has 0 amide bonds. The van der Waals surface area contributed by atoms with Crippen LogP contribution in [-0.4, -0.2) is 24.8 Å². The second kappa shape index (κ2) is 6.04. The van der Waals surface area contributed by atoms with Crippen LogP contribution in [0.4, 0.5) is 0 Å². The van der Waals surface area contributed by atoms with Crippen LogP contribution in [0.3, 0.4) is 0 Å². The second-order valence-electron chi connectivity index (χ2n) is 7.47. The molecule has 0 fully saturated rings. The molecule has 3 aromatic rings. The Hall–Kier alpha value is -1.41. The molecular weight excluding hydrogens is 420 g/mol. The highest BCUT2D eigenvalue weighted by Gasteiger charge is 2.49. The third-order valence-corrected chi connectivity index (χ3v) is 10.7. The Kier molecular flexibility index (Phi) is 4.24. The number of nitrogens with two attached hydrogens (primary N) is 1. The maximum atomic E-state index is 12.8. The molecule has 1 aromatic carbocycles. The van der Waals surface area contributed by atoms with Gasteiger partial charge in [-0.3, -0.25) is 4.99 Å². The Bertz CT molecular complexity index is 1190. The summed E-state index contributed by atoms with van der Waals surface area (Å²) in [7, 11) is -3.47. The number of thiophene rings is 2. The SMILES string of the molecule is CC1(c2sc(-c3csc4ccccc34)cc2Cl)CS(=O)(=O)C(C)(C)C(N)=N1. The molecule has 2 N–H and O–H groups in total. The normalized spacial score (nSPS) is 24.1. The number of halogens is 1. The molecule has 0 bridgehead atoms. The molecule has 4 nitrogen and oxygen atoms in total. The van der Waals surface area contributed by atoms with Gasteiger partial charge in [-0.15, -0.1) is 22.7 Å². The molecule has 1 atom stereocenters. The van der Waals surface area contributed by atoms with E-state index in [1.54, 1.807) is 32.1 Å². The van der Waals surface area contributed by atoms with Crippen molar-refractivity contribution in [1.82, 2.24) is 0 Å². The van der Waals surface area contributed by atoms with E-state index in [1.807, 2.05) is 18.2 Å². The van der Waals surface area contributed by atoms with E-state index in [2.05, 4.69) is 22.5 Å². The van der Waals surface area contributed by atoms with E-state index in [9.17, 15) is 8.42 Å². The van der Waals surface area contributed by atoms with Crippen LogP contribution >= 0.6 is 34.3 Å². The molecule has 0 radical (unpaired) electrons. The first kappa shape index (κ1) is 18.9. The Balaban J connectivity index is 1.86. The van der Waals surface area contributed by atoms with E-state index < -0.39 is 20.1 Å². The van der Waals surface area contributed by atoms with Gasteiger partial charge in [-0.05, 0) is 32.9 Å². The lowest BCUT2D eigenvalue weighted by Crippen LogP contribution is -2.54. The molecule has 1 aliphatic rings. The maximum Gasteiger partial charge on any atom is 0.165 e. The van der Waals surface area contributed by atoms with Crippen LogP contribution < -0.4 is 5.73 Å². The number of rotatable bonds is 2. The largest absolute Gasteiger partial charge is 0.386 e.